The smallest absolute Gasteiger partial charge is 0.0562 e. The minimum Gasteiger partial charge on any atom is -0.310 e. The summed E-state index contributed by atoms with van der Waals surface area (Å²) in [5.74, 6) is 0. The van der Waals surface area contributed by atoms with Gasteiger partial charge in [-0.25, -0.2) is 0 Å². The van der Waals surface area contributed by atoms with Gasteiger partial charge in [-0.05, 0) is 183 Å². The molecule has 95 heavy (non-hydrogen) atoms. The third-order valence-electron chi connectivity index (χ3n) is 17.8. The summed E-state index contributed by atoms with van der Waals surface area (Å²) in [6.07, 6.45) is 8.13. The van der Waals surface area contributed by atoms with Crippen LogP contribution in [0.25, 0.3) is 88.7 Å². The van der Waals surface area contributed by atoms with Crippen LogP contribution in [0.3, 0.4) is 0 Å². The van der Waals surface area contributed by atoms with E-state index in [0.29, 0.717) is 0 Å². The average molecular weight is 1220 g/mol. The molecule has 14 aromatic carbocycles. The average Bonchev–Trinajstić information content (AvgIpc) is 1.59. The summed E-state index contributed by atoms with van der Waals surface area (Å²) in [4.78, 5) is 7.26. The minimum absolute atomic E-state index is 0.981. The van der Waals surface area contributed by atoms with Crippen LogP contribution in [0.5, 0.6) is 0 Å². The normalized spacial score (nSPS) is 11.5. The molecule has 0 unspecified atom stereocenters. The van der Waals surface area contributed by atoms with E-state index in [2.05, 4.69) is 409 Å². The van der Waals surface area contributed by atoms with Crippen LogP contribution in [-0.4, -0.2) is 4.57 Å². The first kappa shape index (κ1) is 58.8. The van der Waals surface area contributed by atoms with Crippen molar-refractivity contribution in [1.29, 1.82) is 0 Å². The first-order valence-electron chi connectivity index (χ1n) is 32.4. The van der Waals surface area contributed by atoms with Crippen molar-refractivity contribution >= 4 is 78.6 Å². The van der Waals surface area contributed by atoms with Gasteiger partial charge >= 0.3 is 0 Å². The quantitative estimate of drug-likeness (QED) is 0.0796. The van der Waals surface area contributed by atoms with Crippen molar-refractivity contribution in [1.82, 2.24) is 4.57 Å². The first-order valence-corrected chi connectivity index (χ1v) is 32.4. The van der Waals surface area contributed by atoms with Gasteiger partial charge in [0.05, 0.1) is 33.8 Å². The largest absolute Gasteiger partial charge is 0.310 e. The maximum Gasteiger partial charge on any atom is 0.0562 e. The molecule has 4 nitrogen and oxygen atoms in total. The topological polar surface area (TPSA) is 14.7 Å². The molecule has 0 amide bonds. The SMILES string of the molecule is C=C/C=C(\C=C/C)c1ccc(N(c2ccc(-c3ccccc3)cc2)c2cccc3c2c2ccccc2n3-c2cc(N(c3ccc(-c4ccccc4)cc3)c3ccc(-c4ccccc4)cc3)cc(N(c3ccc(-c4ccccc4)cc3)c3ccc(-c4ccccc4)cc3)c2)cc1. The van der Waals surface area contributed by atoms with Gasteiger partial charge in [0.2, 0.25) is 0 Å². The highest BCUT2D eigenvalue weighted by atomic mass is 15.2. The molecule has 452 valence electrons. The van der Waals surface area contributed by atoms with Crippen molar-refractivity contribution in [3.63, 3.8) is 0 Å². The Hall–Kier alpha value is -12.5. The molecule has 4 heteroatoms. The van der Waals surface area contributed by atoms with Crippen LogP contribution < -0.4 is 14.7 Å². The molecule has 1 heterocycles. The highest BCUT2D eigenvalue weighted by molar-refractivity contribution is 6.17. The van der Waals surface area contributed by atoms with Gasteiger partial charge < -0.3 is 19.3 Å². The number of anilines is 9. The lowest BCUT2D eigenvalue weighted by Crippen LogP contribution is -2.14. The number of rotatable bonds is 18. The fraction of sp³-hybridized carbons (Fsp3) is 0.0110. The molecule has 0 radical (unpaired) electrons. The second-order valence-corrected chi connectivity index (χ2v) is 23.7. The van der Waals surface area contributed by atoms with Gasteiger partial charge in [-0.2, -0.15) is 0 Å². The van der Waals surface area contributed by atoms with Crippen LogP contribution in [0.2, 0.25) is 0 Å². The van der Waals surface area contributed by atoms with Crippen LogP contribution in [0.15, 0.2) is 389 Å². The number of para-hydroxylation sites is 1. The zero-order valence-electron chi connectivity index (χ0n) is 52.9. The standard InChI is InChI=1S/C91H68N4/c1-3-23-66(24-4-2)72-47-59-82(60-48-72)94(83-61-49-77(50-62-83)71-33-18-9-19-34-71)89-37-22-38-90-91(89)87-35-20-21-36-88(87)95(90)86-64-84(92(78-51-39-73(40-52-78)67-25-10-5-11-26-67)79-53-41-74(42-54-79)68-27-12-6-13-28-68)63-85(65-86)93(80-55-43-75(44-56-80)69-29-14-7-15-30-69)81-57-45-76(46-58-81)70-31-16-8-17-32-70/h3-65H,1H2,2H3/b24-4-,66-23+. The second-order valence-electron chi connectivity index (χ2n) is 23.7. The summed E-state index contributed by atoms with van der Waals surface area (Å²) in [5, 5.41) is 2.26. The summed E-state index contributed by atoms with van der Waals surface area (Å²) in [5.41, 5.74) is 26.1. The molecule has 1 aromatic heterocycles. The molecule has 0 aliphatic carbocycles. The highest BCUT2D eigenvalue weighted by Gasteiger charge is 2.25. The van der Waals surface area contributed by atoms with Crippen molar-refractivity contribution < 1.29 is 0 Å². The van der Waals surface area contributed by atoms with Gasteiger partial charge in [0.25, 0.3) is 0 Å². The number of allylic oxidation sites excluding steroid dienone is 5. The van der Waals surface area contributed by atoms with Crippen molar-refractivity contribution in [2.45, 2.75) is 6.92 Å². The van der Waals surface area contributed by atoms with Crippen LogP contribution in [0.1, 0.15) is 12.5 Å². The maximum atomic E-state index is 4.05. The van der Waals surface area contributed by atoms with Gasteiger partial charge in [-0.15, -0.1) is 0 Å². The number of aromatic nitrogens is 1. The second kappa shape index (κ2) is 26.8. The lowest BCUT2D eigenvalue weighted by atomic mass is 10.0. The Morgan fingerprint density at radius 3 is 0.968 bits per heavy atom. The van der Waals surface area contributed by atoms with Crippen LogP contribution >= 0.6 is 0 Å². The first-order chi connectivity index (χ1) is 47.0. The molecule has 0 saturated carbocycles. The number of benzene rings is 14. The Kier molecular flexibility index (Phi) is 16.6. The number of hydrogen-bond acceptors (Lipinski definition) is 3. The fourth-order valence-corrected chi connectivity index (χ4v) is 13.3. The van der Waals surface area contributed by atoms with Crippen molar-refractivity contribution in [2.75, 3.05) is 14.7 Å². The Morgan fingerprint density at radius 1 is 0.295 bits per heavy atom. The predicted molar refractivity (Wildman–Crippen MR) is 405 cm³/mol. The van der Waals surface area contributed by atoms with Crippen molar-refractivity contribution in [3.8, 4) is 61.3 Å². The third-order valence-corrected chi connectivity index (χ3v) is 17.8. The Balaban J connectivity index is 0.979. The van der Waals surface area contributed by atoms with Crippen LogP contribution in [0.4, 0.5) is 51.2 Å². The third kappa shape index (κ3) is 12.1. The monoisotopic (exact) mass is 1220 g/mol. The molecule has 0 bridgehead atoms. The van der Waals surface area contributed by atoms with E-state index in [9.17, 15) is 0 Å². The Bertz CT molecular complexity index is 4820. The summed E-state index contributed by atoms with van der Waals surface area (Å²) in [6.45, 7) is 6.10. The molecule has 0 aliphatic heterocycles. The lowest BCUT2D eigenvalue weighted by Gasteiger charge is -2.31. The van der Waals surface area contributed by atoms with Crippen molar-refractivity contribution in [3.05, 3.63) is 394 Å². The van der Waals surface area contributed by atoms with E-state index < -0.39 is 0 Å². The molecule has 0 fully saturated rings. The summed E-state index contributed by atoms with van der Waals surface area (Å²) >= 11 is 0. The molecule has 15 rings (SSSR count). The van der Waals surface area contributed by atoms with Gasteiger partial charge in [-0.1, -0.05) is 280 Å². The molecular formula is C91H68N4. The predicted octanol–water partition coefficient (Wildman–Crippen LogP) is 25.7. The van der Waals surface area contributed by atoms with E-state index >= 15 is 0 Å². The molecular weight excluding hydrogens is 1150 g/mol. The Morgan fingerprint density at radius 2 is 0.611 bits per heavy atom. The van der Waals surface area contributed by atoms with Crippen LogP contribution in [-0.2, 0) is 0 Å². The molecule has 0 aliphatic rings. The van der Waals surface area contributed by atoms with E-state index in [1.54, 1.807) is 0 Å². The highest BCUT2D eigenvalue weighted by Crippen LogP contribution is 2.48. The zero-order valence-corrected chi connectivity index (χ0v) is 52.9. The minimum atomic E-state index is 0.981. The maximum absolute atomic E-state index is 4.05. The van der Waals surface area contributed by atoms with Crippen LogP contribution in [0, 0.1) is 0 Å². The summed E-state index contributed by atoms with van der Waals surface area (Å²) in [6, 6.07) is 130. The molecule has 0 atom stereocenters. The van der Waals surface area contributed by atoms with E-state index in [4.69, 9.17) is 0 Å². The van der Waals surface area contributed by atoms with Crippen molar-refractivity contribution in [2.24, 2.45) is 0 Å². The van der Waals surface area contributed by atoms with Gasteiger partial charge in [-0.3, -0.25) is 0 Å². The Labute approximate surface area is 557 Å². The van der Waals surface area contributed by atoms with E-state index in [1.165, 1.54) is 27.8 Å². The molecule has 0 spiro atoms. The lowest BCUT2D eigenvalue weighted by molar-refractivity contribution is 1.16. The van der Waals surface area contributed by atoms with Gasteiger partial charge in [0, 0.05) is 44.9 Å². The number of nitrogens with zero attached hydrogens (tertiary/aromatic N) is 4. The van der Waals surface area contributed by atoms with Gasteiger partial charge in [0.1, 0.15) is 0 Å². The summed E-state index contributed by atoms with van der Waals surface area (Å²) < 4.78 is 2.48. The van der Waals surface area contributed by atoms with E-state index in [1.807, 2.05) is 6.08 Å². The van der Waals surface area contributed by atoms with Gasteiger partial charge in [0.15, 0.2) is 0 Å². The van der Waals surface area contributed by atoms with E-state index in [-0.39, 0.29) is 0 Å². The fourth-order valence-electron chi connectivity index (χ4n) is 13.3. The molecule has 0 saturated heterocycles. The van der Waals surface area contributed by atoms with E-state index in [0.717, 1.165) is 118 Å². The number of fused-ring (bicyclic) bond motifs is 3. The summed E-state index contributed by atoms with van der Waals surface area (Å²) in [7, 11) is 0. The zero-order chi connectivity index (χ0) is 63.9. The molecule has 0 N–H and O–H groups in total. The molecule has 15 aromatic rings. The number of hydrogen-bond donors (Lipinski definition) is 0.